The van der Waals surface area contributed by atoms with E-state index in [9.17, 15) is 18.3 Å². The van der Waals surface area contributed by atoms with Crippen molar-refractivity contribution in [1.29, 1.82) is 5.26 Å². The van der Waals surface area contributed by atoms with Gasteiger partial charge in [0.2, 0.25) is 0 Å². The zero-order chi connectivity index (χ0) is 24.4. The predicted molar refractivity (Wildman–Crippen MR) is 127 cm³/mol. The van der Waals surface area contributed by atoms with Crippen molar-refractivity contribution in [2.24, 2.45) is 10.7 Å². The summed E-state index contributed by atoms with van der Waals surface area (Å²) in [6, 6.07) is 6.54. The van der Waals surface area contributed by atoms with Gasteiger partial charge < -0.3 is 21.1 Å². The van der Waals surface area contributed by atoms with Gasteiger partial charge in [0, 0.05) is 24.4 Å². The molecular formula is C23H29N5O4S. The summed E-state index contributed by atoms with van der Waals surface area (Å²) in [4.78, 5) is 19.7. The van der Waals surface area contributed by atoms with Gasteiger partial charge in [-0.3, -0.25) is 4.79 Å². The van der Waals surface area contributed by atoms with E-state index in [2.05, 4.69) is 21.9 Å². The average Bonchev–Trinajstić information content (AvgIpc) is 2.92. The molecule has 4 rings (SSSR count). The van der Waals surface area contributed by atoms with E-state index in [1.807, 2.05) is 0 Å². The van der Waals surface area contributed by atoms with Gasteiger partial charge in [0.15, 0.2) is 9.84 Å². The second-order valence-electron chi connectivity index (χ2n) is 8.80. The molecule has 1 unspecified atom stereocenters. The van der Waals surface area contributed by atoms with Crippen molar-refractivity contribution in [3.05, 3.63) is 51.9 Å². The number of benzene rings is 1. The van der Waals surface area contributed by atoms with Gasteiger partial charge in [-0.2, -0.15) is 0 Å². The summed E-state index contributed by atoms with van der Waals surface area (Å²) in [5.41, 5.74) is 7.42. The number of aliphatic imine (C=N–C) groups is 1. The smallest absolute Gasteiger partial charge is 0.261 e. The van der Waals surface area contributed by atoms with Crippen LogP contribution < -0.4 is 16.6 Å². The molecule has 33 heavy (non-hydrogen) atoms. The monoisotopic (exact) mass is 471 g/mol. The molecule has 5 N–H and O–H groups in total. The van der Waals surface area contributed by atoms with Crippen molar-refractivity contribution in [1.82, 2.24) is 4.98 Å². The summed E-state index contributed by atoms with van der Waals surface area (Å²) in [5.74, 6) is 0.0229. The Bertz CT molecular complexity index is 1240. The average molecular weight is 472 g/mol. The van der Waals surface area contributed by atoms with Crippen LogP contribution in [0.25, 0.3) is 0 Å². The highest BCUT2D eigenvalue weighted by Gasteiger charge is 2.51. The number of H-pyrrole nitrogens is 1. The number of aliphatic hydroxyl groups excluding tert-OH is 1. The number of hydrogen-bond acceptors (Lipinski definition) is 7. The van der Waals surface area contributed by atoms with Crippen LogP contribution in [0.3, 0.4) is 0 Å². The zero-order valence-corrected chi connectivity index (χ0v) is 19.5. The molecule has 10 heteroatoms. The van der Waals surface area contributed by atoms with Gasteiger partial charge in [-0.05, 0) is 51.0 Å². The van der Waals surface area contributed by atoms with Crippen LogP contribution in [0.2, 0.25) is 0 Å². The summed E-state index contributed by atoms with van der Waals surface area (Å²) in [6.45, 7) is 6.49. The second-order valence-corrected chi connectivity index (χ2v) is 11.3. The Hall–Kier alpha value is -3.16. The van der Waals surface area contributed by atoms with Gasteiger partial charge >= 0.3 is 0 Å². The van der Waals surface area contributed by atoms with Crippen LogP contribution in [0.15, 0.2) is 45.1 Å². The van der Waals surface area contributed by atoms with Crippen LogP contribution >= 0.6 is 0 Å². The molecule has 0 radical (unpaired) electrons. The number of hydrogen-bond donors (Lipinski definition) is 4. The first kappa shape index (κ1) is 24.5. The SMILES string of the molecule is C#N.CC1(C)C(O)c2cc(N=C(N)c3c(NC4CCCCC4)cc[nH]c3=O)ccc2S1(=O)=O. The van der Waals surface area contributed by atoms with Crippen LogP contribution in [-0.2, 0) is 9.84 Å². The van der Waals surface area contributed by atoms with Gasteiger partial charge in [-0.1, -0.05) is 19.3 Å². The number of nitriles is 1. The maximum Gasteiger partial charge on any atom is 0.261 e. The number of aromatic nitrogens is 1. The van der Waals surface area contributed by atoms with Gasteiger partial charge in [0.05, 0.1) is 22.4 Å². The van der Waals surface area contributed by atoms with E-state index in [4.69, 9.17) is 11.0 Å². The fourth-order valence-corrected chi connectivity index (χ4v) is 6.10. The number of nitrogens with one attached hydrogen (secondary N) is 2. The van der Waals surface area contributed by atoms with Gasteiger partial charge in [-0.15, -0.1) is 0 Å². The topological polar surface area (TPSA) is 161 Å². The van der Waals surface area contributed by atoms with Gasteiger partial charge in [-0.25, -0.2) is 18.7 Å². The van der Waals surface area contributed by atoms with Crippen molar-refractivity contribution >= 4 is 27.0 Å². The summed E-state index contributed by atoms with van der Waals surface area (Å²) < 4.78 is 24.0. The lowest BCUT2D eigenvalue weighted by molar-refractivity contribution is 0.144. The highest BCUT2D eigenvalue weighted by Crippen LogP contribution is 2.47. The van der Waals surface area contributed by atoms with Gasteiger partial charge in [0.25, 0.3) is 5.56 Å². The Kier molecular flexibility index (Phi) is 6.95. The molecular weight excluding hydrogens is 442 g/mol. The maximum atomic E-state index is 12.7. The molecule has 0 spiro atoms. The molecule has 1 saturated carbocycles. The summed E-state index contributed by atoms with van der Waals surface area (Å²) in [7, 11) is -3.66. The number of aliphatic hydroxyl groups is 1. The fourth-order valence-electron chi connectivity index (χ4n) is 4.38. The first-order valence-electron chi connectivity index (χ1n) is 10.8. The Labute approximate surface area is 193 Å². The third-order valence-electron chi connectivity index (χ3n) is 6.36. The van der Waals surface area contributed by atoms with Crippen LogP contribution in [0, 0.1) is 11.8 Å². The molecule has 2 aromatic rings. The zero-order valence-electron chi connectivity index (χ0n) is 18.7. The maximum absolute atomic E-state index is 12.7. The molecule has 1 fully saturated rings. The number of aromatic amines is 1. The number of pyridine rings is 1. The standard InChI is InChI=1S/C22H28N4O4S.CHN/c1-22(2)19(27)15-12-14(8-9-17(15)31(22,29)30)26-20(23)18-16(10-11-24-21(18)28)25-13-6-4-3-5-7-13;1-2/h8-13,19,27H,3-7H2,1-2H3,(H2,23,26)(H2,24,25,28);1H. The van der Waals surface area contributed by atoms with Crippen LogP contribution in [-0.4, -0.2) is 35.1 Å². The lowest BCUT2D eigenvalue weighted by Gasteiger charge is -2.24. The number of amidine groups is 1. The summed E-state index contributed by atoms with van der Waals surface area (Å²) in [6.07, 6.45) is 6.00. The Morgan fingerprint density at radius 1 is 1.24 bits per heavy atom. The fraction of sp³-hybridized carbons (Fsp3) is 0.435. The molecule has 0 bridgehead atoms. The van der Waals surface area contributed by atoms with Crippen LogP contribution in [0.5, 0.6) is 0 Å². The number of sulfone groups is 1. The Balaban J connectivity index is 0.00000149. The lowest BCUT2D eigenvalue weighted by atomic mass is 9.95. The van der Waals surface area contributed by atoms with Crippen LogP contribution in [0.1, 0.15) is 63.2 Å². The van der Waals surface area contributed by atoms with E-state index in [1.165, 1.54) is 38.5 Å². The second kappa shape index (κ2) is 9.37. The first-order chi connectivity index (χ1) is 15.6. The van der Waals surface area contributed by atoms with Gasteiger partial charge in [0.1, 0.15) is 16.1 Å². The molecule has 1 aliphatic carbocycles. The number of anilines is 1. The summed E-state index contributed by atoms with van der Waals surface area (Å²) >= 11 is 0. The molecule has 2 aliphatic rings. The van der Waals surface area contributed by atoms with Crippen molar-refractivity contribution in [2.75, 3.05) is 5.32 Å². The number of nitrogens with two attached hydrogens (primary N) is 1. The number of nitrogens with zero attached hydrogens (tertiary/aromatic N) is 2. The van der Waals surface area contributed by atoms with E-state index in [-0.39, 0.29) is 27.9 Å². The Morgan fingerprint density at radius 2 is 1.91 bits per heavy atom. The predicted octanol–water partition coefficient (Wildman–Crippen LogP) is 2.90. The Morgan fingerprint density at radius 3 is 2.58 bits per heavy atom. The van der Waals surface area contributed by atoms with Crippen molar-refractivity contribution in [2.45, 2.75) is 67.7 Å². The molecule has 2 heterocycles. The highest BCUT2D eigenvalue weighted by molar-refractivity contribution is 7.93. The minimum absolute atomic E-state index is 0.0229. The van der Waals surface area contributed by atoms with E-state index < -0.39 is 20.7 Å². The quantitative estimate of drug-likeness (QED) is 0.394. The largest absolute Gasteiger partial charge is 0.387 e. The van der Waals surface area contributed by atoms with Crippen molar-refractivity contribution < 1.29 is 13.5 Å². The molecule has 0 saturated heterocycles. The van der Waals surface area contributed by atoms with E-state index in [0.29, 0.717) is 16.9 Å². The van der Waals surface area contributed by atoms with E-state index in [0.717, 1.165) is 25.7 Å². The number of rotatable bonds is 4. The third-order valence-corrected chi connectivity index (χ3v) is 8.92. The van der Waals surface area contributed by atoms with Crippen molar-refractivity contribution in [3.63, 3.8) is 0 Å². The molecule has 1 aromatic heterocycles. The molecule has 9 nitrogen and oxygen atoms in total. The first-order valence-corrected chi connectivity index (χ1v) is 12.3. The molecule has 0 amide bonds. The molecule has 1 aliphatic heterocycles. The minimum Gasteiger partial charge on any atom is -0.387 e. The van der Waals surface area contributed by atoms with Crippen LogP contribution in [0.4, 0.5) is 11.4 Å². The number of fused-ring (bicyclic) bond motifs is 1. The summed E-state index contributed by atoms with van der Waals surface area (Å²) in [5, 5.41) is 20.5. The van der Waals surface area contributed by atoms with Crippen molar-refractivity contribution in [3.8, 4) is 6.57 Å². The highest BCUT2D eigenvalue weighted by atomic mass is 32.2. The van der Waals surface area contributed by atoms with E-state index in [1.54, 1.807) is 12.3 Å². The lowest BCUT2D eigenvalue weighted by Crippen LogP contribution is -2.32. The molecule has 1 aromatic carbocycles. The minimum atomic E-state index is -3.66. The normalized spacial score (nSPS) is 21.5. The molecule has 176 valence electrons. The third kappa shape index (κ3) is 4.38. The van der Waals surface area contributed by atoms with E-state index >= 15 is 0 Å². The molecule has 1 atom stereocenters.